The fourth-order valence-electron chi connectivity index (χ4n) is 1.31. The molecular weight excluding hydrogens is 164 g/mol. The van der Waals surface area contributed by atoms with Gasteiger partial charge in [0.15, 0.2) is 0 Å². The monoisotopic (exact) mass is 180 g/mol. The summed E-state index contributed by atoms with van der Waals surface area (Å²) in [6, 6.07) is 5.26. The van der Waals surface area contributed by atoms with Crippen molar-refractivity contribution >= 4 is 0 Å². The number of hydrogen-bond acceptors (Lipinski definition) is 3. The number of rotatable bonds is 3. The van der Waals surface area contributed by atoms with Gasteiger partial charge in [0.25, 0.3) is 0 Å². The molecule has 0 unspecified atom stereocenters. The van der Waals surface area contributed by atoms with Crippen LogP contribution in [0.25, 0.3) is 0 Å². The van der Waals surface area contributed by atoms with Gasteiger partial charge < -0.3 is 16.6 Å². The highest BCUT2D eigenvalue weighted by Gasteiger charge is 2.09. The summed E-state index contributed by atoms with van der Waals surface area (Å²) in [5.74, 6) is 0.256. The third kappa shape index (κ3) is 2.44. The van der Waals surface area contributed by atoms with Crippen molar-refractivity contribution in [2.45, 2.75) is 19.4 Å². The lowest BCUT2D eigenvalue weighted by molar-refractivity contribution is 0.459. The Hall–Kier alpha value is -1.06. The number of aromatic hydroxyl groups is 1. The van der Waals surface area contributed by atoms with Gasteiger partial charge in [0.05, 0.1) is 0 Å². The molecule has 1 atom stereocenters. The lowest BCUT2D eigenvalue weighted by Gasteiger charge is -2.12. The summed E-state index contributed by atoms with van der Waals surface area (Å²) in [5, 5.41) is 9.51. The number of nitrogens with two attached hydrogens (primary N) is 2. The van der Waals surface area contributed by atoms with Crippen LogP contribution in [0.15, 0.2) is 18.2 Å². The van der Waals surface area contributed by atoms with Gasteiger partial charge >= 0.3 is 0 Å². The molecule has 72 valence electrons. The quantitative estimate of drug-likeness (QED) is 0.651. The smallest absolute Gasteiger partial charge is 0.120 e. The first-order valence-electron chi connectivity index (χ1n) is 4.40. The normalized spacial score (nSPS) is 12.8. The van der Waals surface area contributed by atoms with Crippen LogP contribution in [-0.4, -0.2) is 11.7 Å². The van der Waals surface area contributed by atoms with Gasteiger partial charge in [0, 0.05) is 11.6 Å². The van der Waals surface area contributed by atoms with Gasteiger partial charge in [-0.3, -0.25) is 0 Å². The first-order chi connectivity index (χ1) is 6.15. The average Bonchev–Trinajstić information content (AvgIpc) is 2.09. The van der Waals surface area contributed by atoms with Crippen LogP contribution < -0.4 is 11.5 Å². The predicted molar refractivity (Wildman–Crippen MR) is 53.4 cm³/mol. The second-order valence-electron chi connectivity index (χ2n) is 3.25. The molecule has 0 aliphatic rings. The van der Waals surface area contributed by atoms with E-state index in [4.69, 9.17) is 11.5 Å². The molecule has 0 aromatic heterocycles. The lowest BCUT2D eigenvalue weighted by Crippen LogP contribution is -2.15. The average molecular weight is 180 g/mol. The molecule has 0 fully saturated rings. The lowest BCUT2D eigenvalue weighted by atomic mass is 10.0. The summed E-state index contributed by atoms with van der Waals surface area (Å²) in [4.78, 5) is 0. The molecule has 0 bridgehead atoms. The van der Waals surface area contributed by atoms with Crippen molar-refractivity contribution in [2.24, 2.45) is 11.5 Å². The Morgan fingerprint density at radius 2 is 2.15 bits per heavy atom. The van der Waals surface area contributed by atoms with Crippen LogP contribution >= 0.6 is 0 Å². The summed E-state index contributed by atoms with van der Waals surface area (Å²) >= 11 is 0. The zero-order valence-electron chi connectivity index (χ0n) is 7.83. The minimum absolute atomic E-state index is 0.162. The van der Waals surface area contributed by atoms with E-state index in [1.54, 1.807) is 6.07 Å². The molecule has 0 saturated carbocycles. The van der Waals surface area contributed by atoms with Gasteiger partial charge in [-0.1, -0.05) is 17.7 Å². The van der Waals surface area contributed by atoms with E-state index in [0.717, 1.165) is 11.1 Å². The third-order valence-corrected chi connectivity index (χ3v) is 2.06. The Kier molecular flexibility index (Phi) is 3.28. The Morgan fingerprint density at radius 3 is 2.77 bits per heavy atom. The van der Waals surface area contributed by atoms with E-state index in [1.165, 1.54) is 0 Å². The highest BCUT2D eigenvalue weighted by Crippen LogP contribution is 2.25. The standard InChI is InChI=1S/C10H16N2O/c1-7-2-3-10(13)8(6-7)9(12)4-5-11/h2-3,6,9,13H,4-5,11-12H2,1H3/t9-/m0/s1. The zero-order valence-corrected chi connectivity index (χ0v) is 7.83. The fraction of sp³-hybridized carbons (Fsp3) is 0.400. The molecule has 0 aliphatic carbocycles. The largest absolute Gasteiger partial charge is 0.508 e. The van der Waals surface area contributed by atoms with Crippen LogP contribution in [0.5, 0.6) is 5.75 Å². The van der Waals surface area contributed by atoms with E-state index in [9.17, 15) is 5.11 Å². The van der Waals surface area contributed by atoms with Crippen LogP contribution in [0.4, 0.5) is 0 Å². The van der Waals surface area contributed by atoms with Crippen molar-refractivity contribution in [3.8, 4) is 5.75 Å². The summed E-state index contributed by atoms with van der Waals surface area (Å²) in [6.45, 7) is 2.51. The molecule has 13 heavy (non-hydrogen) atoms. The molecule has 3 nitrogen and oxygen atoms in total. The van der Waals surface area contributed by atoms with Crippen molar-refractivity contribution < 1.29 is 5.11 Å². The highest BCUT2D eigenvalue weighted by molar-refractivity contribution is 5.37. The molecule has 0 saturated heterocycles. The number of hydrogen-bond donors (Lipinski definition) is 3. The van der Waals surface area contributed by atoms with Gasteiger partial charge in [-0.15, -0.1) is 0 Å². The fourth-order valence-corrected chi connectivity index (χ4v) is 1.31. The van der Waals surface area contributed by atoms with Crippen molar-refractivity contribution in [1.82, 2.24) is 0 Å². The molecule has 3 heteroatoms. The Labute approximate surface area is 78.4 Å². The van der Waals surface area contributed by atoms with Gasteiger partial charge in [-0.25, -0.2) is 0 Å². The summed E-state index contributed by atoms with van der Waals surface area (Å²) in [7, 11) is 0. The van der Waals surface area contributed by atoms with Gasteiger partial charge in [-0.05, 0) is 26.0 Å². The molecule has 1 aromatic rings. The molecule has 0 spiro atoms. The second-order valence-corrected chi connectivity index (χ2v) is 3.25. The van der Waals surface area contributed by atoms with E-state index >= 15 is 0 Å². The first kappa shape index (κ1) is 10.0. The van der Waals surface area contributed by atoms with Crippen molar-refractivity contribution in [3.63, 3.8) is 0 Å². The Morgan fingerprint density at radius 1 is 1.46 bits per heavy atom. The van der Waals surface area contributed by atoms with Crippen molar-refractivity contribution in [2.75, 3.05) is 6.54 Å². The Bertz CT molecular complexity index is 286. The minimum atomic E-state index is -0.162. The number of aryl methyl sites for hydroxylation is 1. The molecule has 1 rings (SSSR count). The molecule has 5 N–H and O–H groups in total. The summed E-state index contributed by atoms with van der Waals surface area (Å²) in [6.07, 6.45) is 0.691. The Balaban J connectivity index is 2.91. The van der Waals surface area contributed by atoms with Crippen LogP contribution in [0.3, 0.4) is 0 Å². The van der Waals surface area contributed by atoms with E-state index in [-0.39, 0.29) is 11.8 Å². The number of phenolic OH excluding ortho intramolecular Hbond substituents is 1. The molecule has 1 aromatic carbocycles. The molecule has 0 heterocycles. The zero-order chi connectivity index (χ0) is 9.84. The minimum Gasteiger partial charge on any atom is -0.508 e. The van der Waals surface area contributed by atoms with Gasteiger partial charge in [-0.2, -0.15) is 0 Å². The number of benzene rings is 1. The topological polar surface area (TPSA) is 72.3 Å². The van der Waals surface area contributed by atoms with E-state index < -0.39 is 0 Å². The maximum Gasteiger partial charge on any atom is 0.120 e. The van der Waals surface area contributed by atoms with Crippen LogP contribution in [-0.2, 0) is 0 Å². The van der Waals surface area contributed by atoms with Crippen LogP contribution in [0.1, 0.15) is 23.6 Å². The van der Waals surface area contributed by atoms with Crippen LogP contribution in [0.2, 0.25) is 0 Å². The number of phenols is 1. The molecule has 0 amide bonds. The highest BCUT2D eigenvalue weighted by atomic mass is 16.3. The molecular formula is C10H16N2O. The van der Waals surface area contributed by atoms with E-state index in [0.29, 0.717) is 13.0 Å². The molecule has 0 radical (unpaired) electrons. The maximum atomic E-state index is 9.51. The molecule has 0 aliphatic heterocycles. The van der Waals surface area contributed by atoms with E-state index in [1.807, 2.05) is 19.1 Å². The first-order valence-corrected chi connectivity index (χ1v) is 4.40. The van der Waals surface area contributed by atoms with Crippen molar-refractivity contribution in [3.05, 3.63) is 29.3 Å². The van der Waals surface area contributed by atoms with Gasteiger partial charge in [0.2, 0.25) is 0 Å². The SMILES string of the molecule is Cc1ccc(O)c([C@@H](N)CCN)c1. The van der Waals surface area contributed by atoms with Crippen LogP contribution in [0, 0.1) is 6.92 Å². The van der Waals surface area contributed by atoms with Gasteiger partial charge in [0.1, 0.15) is 5.75 Å². The summed E-state index contributed by atoms with van der Waals surface area (Å²) < 4.78 is 0. The summed E-state index contributed by atoms with van der Waals surface area (Å²) in [5.41, 5.74) is 13.1. The maximum absolute atomic E-state index is 9.51. The predicted octanol–water partition coefficient (Wildman–Crippen LogP) is 1.05. The third-order valence-electron chi connectivity index (χ3n) is 2.06. The second kappa shape index (κ2) is 4.25. The van der Waals surface area contributed by atoms with Crippen molar-refractivity contribution in [1.29, 1.82) is 0 Å². The van der Waals surface area contributed by atoms with E-state index in [2.05, 4.69) is 0 Å².